The van der Waals surface area contributed by atoms with Gasteiger partial charge in [-0.25, -0.2) is 0 Å². The molecule has 2 heterocycles. The van der Waals surface area contributed by atoms with Gasteiger partial charge < -0.3 is 19.7 Å². The maximum atomic E-state index is 12.3. The number of halogens is 1. The molecule has 0 radical (unpaired) electrons. The second-order valence-electron chi connectivity index (χ2n) is 5.42. The number of hydrogen-bond donors (Lipinski definition) is 1. The Bertz CT molecular complexity index is 510. The molecule has 116 valence electrons. The summed E-state index contributed by atoms with van der Waals surface area (Å²) in [6.07, 6.45) is 1.52. The maximum absolute atomic E-state index is 12.3. The van der Waals surface area contributed by atoms with Crippen molar-refractivity contribution in [2.45, 2.75) is 12.8 Å². The van der Waals surface area contributed by atoms with E-state index in [1.54, 1.807) is 0 Å². The van der Waals surface area contributed by atoms with Gasteiger partial charge in [0.25, 0.3) is 0 Å². The van der Waals surface area contributed by atoms with Crippen molar-refractivity contribution >= 4 is 18.3 Å². The van der Waals surface area contributed by atoms with Gasteiger partial charge in [-0.05, 0) is 43.6 Å². The lowest BCUT2D eigenvalue weighted by atomic mass is 10.1. The van der Waals surface area contributed by atoms with Crippen molar-refractivity contribution in [2.24, 2.45) is 5.92 Å². The van der Waals surface area contributed by atoms with Crippen LogP contribution in [0.25, 0.3) is 0 Å². The monoisotopic (exact) mass is 312 g/mol. The van der Waals surface area contributed by atoms with Crippen molar-refractivity contribution in [3.05, 3.63) is 23.8 Å². The quantitative estimate of drug-likeness (QED) is 0.914. The fourth-order valence-corrected chi connectivity index (χ4v) is 2.85. The van der Waals surface area contributed by atoms with Crippen LogP contribution in [0.15, 0.2) is 18.2 Å². The molecule has 1 fully saturated rings. The van der Waals surface area contributed by atoms with Gasteiger partial charge in [-0.3, -0.25) is 4.79 Å². The molecule has 1 unspecified atom stereocenters. The zero-order valence-corrected chi connectivity index (χ0v) is 12.9. The average Bonchev–Trinajstić information content (AvgIpc) is 3.07. The lowest BCUT2D eigenvalue weighted by Gasteiger charge is -2.16. The number of benzene rings is 1. The normalized spacial score (nSPS) is 19.5. The fraction of sp³-hybridized carbons (Fsp3) is 0.533. The van der Waals surface area contributed by atoms with Crippen molar-refractivity contribution in [2.75, 3.05) is 33.5 Å². The third-order valence-electron chi connectivity index (χ3n) is 3.92. The third kappa shape index (κ3) is 3.60. The van der Waals surface area contributed by atoms with Gasteiger partial charge in [0.1, 0.15) is 0 Å². The Kier molecular flexibility index (Phi) is 5.31. The summed E-state index contributed by atoms with van der Waals surface area (Å²) in [6, 6.07) is 5.71. The molecule has 1 aromatic carbocycles. The first-order valence-electron chi connectivity index (χ1n) is 7.07. The minimum Gasteiger partial charge on any atom is -0.454 e. The highest BCUT2D eigenvalue weighted by Gasteiger charge is 2.26. The summed E-state index contributed by atoms with van der Waals surface area (Å²) in [6.45, 7) is 2.98. The summed E-state index contributed by atoms with van der Waals surface area (Å²) in [7, 11) is 1.96. The van der Waals surface area contributed by atoms with Crippen molar-refractivity contribution in [3.63, 3.8) is 0 Å². The maximum Gasteiger partial charge on any atom is 0.231 e. The van der Waals surface area contributed by atoms with Crippen LogP contribution in [0.4, 0.5) is 0 Å². The summed E-state index contributed by atoms with van der Waals surface area (Å²) >= 11 is 0. The fourth-order valence-electron chi connectivity index (χ4n) is 2.85. The van der Waals surface area contributed by atoms with Crippen LogP contribution in [-0.4, -0.2) is 44.3 Å². The molecule has 2 aliphatic heterocycles. The van der Waals surface area contributed by atoms with Gasteiger partial charge in [0.05, 0.1) is 6.42 Å². The van der Waals surface area contributed by atoms with E-state index >= 15 is 0 Å². The summed E-state index contributed by atoms with van der Waals surface area (Å²) in [5.74, 6) is 2.28. The standard InChI is InChI=1S/C15H20N2O3.ClH/c1-16-8-12-4-5-17(9-12)15(18)7-11-2-3-13-14(6-11)20-10-19-13;/h2-3,6,12,16H,4-5,7-10H2,1H3;1H. The number of ether oxygens (including phenoxy) is 2. The van der Waals surface area contributed by atoms with E-state index in [-0.39, 0.29) is 25.1 Å². The summed E-state index contributed by atoms with van der Waals surface area (Å²) in [4.78, 5) is 14.3. The van der Waals surface area contributed by atoms with Crippen molar-refractivity contribution < 1.29 is 14.3 Å². The number of nitrogens with one attached hydrogen (secondary N) is 1. The molecule has 1 saturated heterocycles. The highest BCUT2D eigenvalue weighted by atomic mass is 35.5. The minimum atomic E-state index is 0. The van der Waals surface area contributed by atoms with E-state index in [1.807, 2.05) is 30.1 Å². The highest BCUT2D eigenvalue weighted by molar-refractivity contribution is 5.85. The highest BCUT2D eigenvalue weighted by Crippen LogP contribution is 2.32. The molecule has 6 heteroatoms. The molecule has 1 N–H and O–H groups in total. The zero-order chi connectivity index (χ0) is 13.9. The lowest BCUT2D eigenvalue weighted by Crippen LogP contribution is -2.31. The van der Waals surface area contributed by atoms with Crippen LogP contribution in [0.3, 0.4) is 0 Å². The Morgan fingerprint density at radius 3 is 3.00 bits per heavy atom. The van der Waals surface area contributed by atoms with Crippen molar-refractivity contribution in [3.8, 4) is 11.5 Å². The molecule has 3 rings (SSSR count). The number of likely N-dealkylation sites (tertiary alicyclic amines) is 1. The number of carbonyl (C=O) groups excluding carboxylic acids is 1. The Labute approximate surface area is 131 Å². The number of nitrogens with zero attached hydrogens (tertiary/aromatic N) is 1. The van der Waals surface area contributed by atoms with Crippen LogP contribution in [0.5, 0.6) is 11.5 Å². The van der Waals surface area contributed by atoms with Crippen LogP contribution in [0.1, 0.15) is 12.0 Å². The Balaban J connectivity index is 0.00000161. The van der Waals surface area contributed by atoms with E-state index in [9.17, 15) is 4.79 Å². The van der Waals surface area contributed by atoms with E-state index in [0.717, 1.165) is 43.1 Å². The van der Waals surface area contributed by atoms with Crippen LogP contribution in [0.2, 0.25) is 0 Å². The van der Waals surface area contributed by atoms with Crippen LogP contribution >= 0.6 is 12.4 Å². The first-order chi connectivity index (χ1) is 9.76. The lowest BCUT2D eigenvalue weighted by molar-refractivity contribution is -0.129. The molecule has 0 saturated carbocycles. The predicted octanol–water partition coefficient (Wildman–Crippen LogP) is 1.45. The third-order valence-corrected chi connectivity index (χ3v) is 3.92. The molecular formula is C15H21ClN2O3. The van der Waals surface area contributed by atoms with Crippen LogP contribution < -0.4 is 14.8 Å². The molecule has 0 aromatic heterocycles. The minimum absolute atomic E-state index is 0. The molecule has 1 amide bonds. The average molecular weight is 313 g/mol. The molecule has 0 aliphatic carbocycles. The summed E-state index contributed by atoms with van der Waals surface area (Å²) in [5.41, 5.74) is 0.983. The molecule has 1 atom stereocenters. The Hall–Kier alpha value is -1.46. The van der Waals surface area contributed by atoms with E-state index in [2.05, 4.69) is 5.32 Å². The van der Waals surface area contributed by atoms with E-state index < -0.39 is 0 Å². The molecule has 1 aromatic rings. The number of carbonyl (C=O) groups is 1. The van der Waals surface area contributed by atoms with Crippen molar-refractivity contribution in [1.29, 1.82) is 0 Å². The molecular weight excluding hydrogens is 292 g/mol. The largest absolute Gasteiger partial charge is 0.454 e. The molecule has 0 bridgehead atoms. The number of amides is 1. The van der Waals surface area contributed by atoms with Crippen molar-refractivity contribution in [1.82, 2.24) is 10.2 Å². The first kappa shape index (κ1) is 15.9. The number of rotatable bonds is 4. The van der Waals surface area contributed by atoms with Crippen LogP contribution in [-0.2, 0) is 11.2 Å². The van der Waals surface area contributed by atoms with Gasteiger partial charge in [0.2, 0.25) is 12.7 Å². The van der Waals surface area contributed by atoms with E-state index in [4.69, 9.17) is 9.47 Å². The zero-order valence-electron chi connectivity index (χ0n) is 12.1. The van der Waals surface area contributed by atoms with Gasteiger partial charge in [0.15, 0.2) is 11.5 Å². The molecule has 5 nitrogen and oxygen atoms in total. The second-order valence-corrected chi connectivity index (χ2v) is 5.42. The number of hydrogen-bond acceptors (Lipinski definition) is 4. The number of fused-ring (bicyclic) bond motifs is 1. The summed E-state index contributed by atoms with van der Waals surface area (Å²) < 4.78 is 10.6. The predicted molar refractivity (Wildman–Crippen MR) is 82.1 cm³/mol. The summed E-state index contributed by atoms with van der Waals surface area (Å²) in [5, 5.41) is 3.18. The Morgan fingerprint density at radius 1 is 1.38 bits per heavy atom. The Morgan fingerprint density at radius 2 is 2.19 bits per heavy atom. The molecule has 21 heavy (non-hydrogen) atoms. The van der Waals surface area contributed by atoms with Gasteiger partial charge in [0, 0.05) is 13.1 Å². The van der Waals surface area contributed by atoms with Crippen LogP contribution in [0, 0.1) is 5.92 Å². The van der Waals surface area contributed by atoms with E-state index in [0.29, 0.717) is 12.3 Å². The van der Waals surface area contributed by atoms with Gasteiger partial charge >= 0.3 is 0 Å². The van der Waals surface area contributed by atoms with Gasteiger partial charge in [-0.1, -0.05) is 6.07 Å². The second kappa shape index (κ2) is 7.00. The first-order valence-corrected chi connectivity index (χ1v) is 7.07. The molecule has 0 spiro atoms. The smallest absolute Gasteiger partial charge is 0.231 e. The van der Waals surface area contributed by atoms with Gasteiger partial charge in [-0.2, -0.15) is 0 Å². The topological polar surface area (TPSA) is 50.8 Å². The molecule has 2 aliphatic rings. The SMILES string of the molecule is CNCC1CCN(C(=O)Cc2ccc3c(c2)OCO3)C1.Cl. The van der Waals surface area contributed by atoms with Gasteiger partial charge in [-0.15, -0.1) is 12.4 Å². The van der Waals surface area contributed by atoms with E-state index in [1.165, 1.54) is 0 Å².